The van der Waals surface area contributed by atoms with Crippen molar-refractivity contribution >= 4 is 0 Å². The van der Waals surface area contributed by atoms with Gasteiger partial charge in [-0.05, 0) is 38.0 Å². The van der Waals surface area contributed by atoms with Crippen LogP contribution >= 0.6 is 0 Å². The predicted octanol–water partition coefficient (Wildman–Crippen LogP) is 1.50. The zero-order valence-corrected chi connectivity index (χ0v) is 12.6. The van der Waals surface area contributed by atoms with E-state index in [0.29, 0.717) is 30.7 Å². The second-order valence-electron chi connectivity index (χ2n) is 6.61. The van der Waals surface area contributed by atoms with Crippen LogP contribution in [0.15, 0.2) is 24.2 Å². The normalized spacial score (nSPS) is 50.3. The molecule has 4 aliphatic rings. The summed E-state index contributed by atoms with van der Waals surface area (Å²) in [6, 6.07) is -1.02. The number of piperidine rings is 1. The third kappa shape index (κ3) is 1.28. The van der Waals surface area contributed by atoms with Crippen LogP contribution in [0.5, 0.6) is 11.5 Å². The Kier molecular flexibility index (Phi) is 1.77. The van der Waals surface area contributed by atoms with E-state index >= 15 is 0 Å². The summed E-state index contributed by atoms with van der Waals surface area (Å²) in [6.45, 7) is 0.640. The minimum absolute atomic E-state index is 0.0534. The Bertz CT molecular complexity index is 873. The molecule has 0 amide bonds. The van der Waals surface area contributed by atoms with Crippen molar-refractivity contribution in [1.29, 1.82) is 0 Å². The van der Waals surface area contributed by atoms with Gasteiger partial charge in [-0.2, -0.15) is 0 Å². The van der Waals surface area contributed by atoms with E-state index in [1.807, 2.05) is 11.9 Å². The van der Waals surface area contributed by atoms with Crippen LogP contribution in [-0.2, 0) is 11.8 Å². The number of aliphatic hydroxyl groups is 1. The first-order valence-corrected chi connectivity index (χ1v) is 7.68. The molecule has 22 heavy (non-hydrogen) atoms. The van der Waals surface area contributed by atoms with Gasteiger partial charge in [0.25, 0.3) is 0 Å². The molecule has 2 aliphatic heterocycles. The van der Waals surface area contributed by atoms with Gasteiger partial charge in [0.2, 0.25) is 0 Å². The van der Waals surface area contributed by atoms with Crippen molar-refractivity contribution in [2.45, 2.75) is 36.5 Å². The van der Waals surface area contributed by atoms with Crippen LogP contribution in [0.1, 0.15) is 23.0 Å². The van der Waals surface area contributed by atoms with Gasteiger partial charge in [-0.15, -0.1) is 0 Å². The Morgan fingerprint density at radius 1 is 1.50 bits per heavy atom. The summed E-state index contributed by atoms with van der Waals surface area (Å²) >= 11 is 0. The fraction of sp³-hybridized carbons (Fsp3) is 0.556. The third-order valence-corrected chi connectivity index (χ3v) is 5.79. The zero-order chi connectivity index (χ0) is 18.6. The van der Waals surface area contributed by atoms with E-state index in [9.17, 15) is 6.48 Å². The molecule has 116 valence electrons. The predicted molar refractivity (Wildman–Crippen MR) is 82.5 cm³/mol. The highest BCUT2D eigenvalue weighted by Crippen LogP contribution is 2.62. The molecule has 1 aromatic rings. The minimum atomic E-state index is -1.93. The molecule has 4 heteroatoms. The fourth-order valence-corrected chi connectivity index (χ4v) is 4.81. The van der Waals surface area contributed by atoms with Gasteiger partial charge in [-0.3, -0.25) is 0 Å². The Hall–Kier alpha value is -1.52. The molecule has 5 rings (SSSR count). The van der Waals surface area contributed by atoms with Gasteiger partial charge in [0.1, 0.15) is 12.2 Å². The van der Waals surface area contributed by atoms with Gasteiger partial charge in [0.15, 0.2) is 11.5 Å². The standard InChI is InChI=1S/C18H21NO3/c1-19-8-7-18-11-4-5-13(20)17(18)22-16-14(21-2)6-3-10(15(16)18)9-12(11)19/h3-6,11-13,17,20H,7-9H2,1-2H3/t11-,12+,13?,17?,18-/m0/s1/i3D,6D,12D,13D. The summed E-state index contributed by atoms with van der Waals surface area (Å²) in [6.07, 6.45) is 1.33. The van der Waals surface area contributed by atoms with Crippen molar-refractivity contribution in [1.82, 2.24) is 4.90 Å². The number of ether oxygens (including phenoxy) is 2. The lowest BCUT2D eigenvalue weighted by Gasteiger charge is -2.56. The molecule has 1 spiro atoms. The van der Waals surface area contributed by atoms with E-state index in [1.165, 1.54) is 13.2 Å². The van der Waals surface area contributed by atoms with E-state index in [2.05, 4.69) is 0 Å². The SMILES string of the molecule is [2H]c1c([2H])c(OC)c2c3c1C[C@]1([2H])[C@@H]4C=CC([2H])(O)C(O2)[C@]34CCN1C. The molecule has 5 atom stereocenters. The van der Waals surface area contributed by atoms with Gasteiger partial charge >= 0.3 is 0 Å². The lowest BCUT2D eigenvalue weighted by molar-refractivity contribution is -0.0453. The highest BCUT2D eigenvalue weighted by atomic mass is 16.5. The second kappa shape index (κ2) is 4.06. The molecule has 2 unspecified atom stereocenters. The highest BCUT2D eigenvalue weighted by Gasteiger charge is 2.64. The van der Waals surface area contributed by atoms with Crippen molar-refractivity contribution in [2.75, 3.05) is 20.7 Å². The summed E-state index contributed by atoms with van der Waals surface area (Å²) in [5.74, 6) is 0.293. The van der Waals surface area contributed by atoms with Crippen LogP contribution in [0.2, 0.25) is 0 Å². The Morgan fingerprint density at radius 3 is 3.18 bits per heavy atom. The molecule has 4 nitrogen and oxygen atoms in total. The summed E-state index contributed by atoms with van der Waals surface area (Å²) in [7, 11) is 3.34. The van der Waals surface area contributed by atoms with E-state index in [1.54, 1.807) is 6.08 Å². The van der Waals surface area contributed by atoms with Crippen molar-refractivity contribution in [2.24, 2.45) is 5.92 Å². The van der Waals surface area contributed by atoms with E-state index in [4.69, 9.17) is 13.6 Å². The van der Waals surface area contributed by atoms with E-state index < -0.39 is 23.6 Å². The molecule has 1 N–H and O–H groups in total. The summed E-state index contributed by atoms with van der Waals surface area (Å²) in [5, 5.41) is 10.8. The smallest absolute Gasteiger partial charge is 0.165 e. The van der Waals surface area contributed by atoms with E-state index in [0.717, 1.165) is 5.56 Å². The Balaban J connectivity index is 1.92. The molecule has 2 heterocycles. The molecule has 0 radical (unpaired) electrons. The van der Waals surface area contributed by atoms with Crippen molar-refractivity contribution in [3.8, 4) is 11.5 Å². The van der Waals surface area contributed by atoms with Crippen LogP contribution in [0.4, 0.5) is 0 Å². The number of likely N-dealkylation sites (N-methyl/N-ethyl adjacent to an activating group) is 1. The maximum atomic E-state index is 10.8. The maximum Gasteiger partial charge on any atom is 0.165 e. The first-order valence-electron chi connectivity index (χ1n) is 9.68. The van der Waals surface area contributed by atoms with Crippen LogP contribution in [0.25, 0.3) is 0 Å². The molecule has 1 aromatic carbocycles. The van der Waals surface area contributed by atoms with Crippen LogP contribution in [0.3, 0.4) is 0 Å². The van der Waals surface area contributed by atoms with Crippen LogP contribution < -0.4 is 9.47 Å². The average molecular weight is 303 g/mol. The van der Waals surface area contributed by atoms with Crippen molar-refractivity contribution < 1.29 is 20.1 Å². The first kappa shape index (κ1) is 9.58. The number of rotatable bonds is 1. The minimum Gasteiger partial charge on any atom is -0.493 e. The van der Waals surface area contributed by atoms with Gasteiger partial charge in [-0.1, -0.05) is 18.2 Å². The first-order chi connectivity index (χ1) is 12.2. The Morgan fingerprint density at radius 2 is 2.36 bits per heavy atom. The lowest BCUT2D eigenvalue weighted by atomic mass is 9.53. The third-order valence-electron chi connectivity index (χ3n) is 5.79. The molecule has 0 aromatic heterocycles. The van der Waals surface area contributed by atoms with Gasteiger partial charge in [0.05, 0.1) is 11.2 Å². The average Bonchev–Trinajstić information content (AvgIpc) is 2.92. The molecular weight excluding hydrogens is 278 g/mol. The number of benzene rings is 1. The zero-order valence-electron chi connectivity index (χ0n) is 16.6. The monoisotopic (exact) mass is 303 g/mol. The molecule has 1 fully saturated rings. The number of hydrogen-bond donors (Lipinski definition) is 1. The number of hydrogen-bond acceptors (Lipinski definition) is 4. The molecular formula is C18H21NO3. The van der Waals surface area contributed by atoms with Crippen LogP contribution in [-0.4, -0.2) is 48.9 Å². The Labute approximate surface area is 135 Å². The van der Waals surface area contributed by atoms with Gasteiger partial charge in [-0.25, -0.2) is 0 Å². The molecule has 2 aliphatic carbocycles. The topological polar surface area (TPSA) is 41.9 Å². The highest BCUT2D eigenvalue weighted by molar-refractivity contribution is 5.62. The maximum absolute atomic E-state index is 10.8. The van der Waals surface area contributed by atoms with E-state index in [-0.39, 0.29) is 23.8 Å². The number of nitrogens with zero attached hydrogens (tertiary/aromatic N) is 1. The molecule has 0 saturated carbocycles. The second-order valence-corrected chi connectivity index (χ2v) is 6.61. The van der Waals surface area contributed by atoms with Gasteiger partial charge in [0, 0.05) is 24.3 Å². The summed E-state index contributed by atoms with van der Waals surface area (Å²) < 4.78 is 46.0. The van der Waals surface area contributed by atoms with Crippen LogP contribution in [0, 0.1) is 5.92 Å². The summed E-state index contributed by atoms with van der Waals surface area (Å²) in [5.41, 5.74) is 0.646. The molecule has 2 bridgehead atoms. The lowest BCUT2D eigenvalue weighted by Crippen LogP contribution is -2.64. The summed E-state index contributed by atoms with van der Waals surface area (Å²) in [4.78, 5) is 1.98. The quantitative estimate of drug-likeness (QED) is 0.799. The largest absolute Gasteiger partial charge is 0.493 e. The van der Waals surface area contributed by atoms with Crippen molar-refractivity contribution in [3.63, 3.8) is 0 Å². The van der Waals surface area contributed by atoms with Crippen molar-refractivity contribution in [3.05, 3.63) is 35.4 Å². The number of methoxy groups -OCH3 is 1. The number of likely N-dealkylation sites (tertiary alicyclic amines) is 1. The van der Waals surface area contributed by atoms with Gasteiger partial charge < -0.3 is 19.5 Å². The molecule has 1 saturated heterocycles. The fourth-order valence-electron chi connectivity index (χ4n) is 4.81.